The number of alkyl halides is 1. The summed E-state index contributed by atoms with van der Waals surface area (Å²) in [5.74, 6) is 0. The van der Waals surface area contributed by atoms with E-state index in [9.17, 15) is 0 Å². The molecular formula is C13H12Cl2S. The van der Waals surface area contributed by atoms with Crippen molar-refractivity contribution in [3.63, 3.8) is 0 Å². The van der Waals surface area contributed by atoms with E-state index in [0.29, 0.717) is 0 Å². The second-order valence-electron chi connectivity index (χ2n) is 3.88. The van der Waals surface area contributed by atoms with Gasteiger partial charge in [-0.1, -0.05) is 41.4 Å². The molecule has 0 saturated carbocycles. The number of hydrogen-bond donors (Lipinski definition) is 0. The van der Waals surface area contributed by atoms with E-state index in [1.807, 2.05) is 19.1 Å². The van der Waals surface area contributed by atoms with Gasteiger partial charge in [-0.05, 0) is 31.0 Å². The average Bonchev–Trinajstić information content (AvgIpc) is 2.58. The molecule has 2 aromatic rings. The highest BCUT2D eigenvalue weighted by Crippen LogP contribution is 2.37. The van der Waals surface area contributed by atoms with Gasteiger partial charge in [-0.15, -0.1) is 22.9 Å². The molecule has 1 aromatic carbocycles. The fourth-order valence-corrected chi connectivity index (χ4v) is 3.16. The summed E-state index contributed by atoms with van der Waals surface area (Å²) in [7, 11) is 0. The maximum Gasteiger partial charge on any atom is 0.0960 e. The van der Waals surface area contributed by atoms with Crippen molar-refractivity contribution in [2.75, 3.05) is 0 Å². The van der Waals surface area contributed by atoms with Crippen molar-refractivity contribution in [2.24, 2.45) is 0 Å². The third-order valence-corrected chi connectivity index (χ3v) is 4.70. The van der Waals surface area contributed by atoms with Crippen LogP contribution in [0.5, 0.6) is 0 Å². The van der Waals surface area contributed by atoms with Gasteiger partial charge in [0.25, 0.3) is 0 Å². The van der Waals surface area contributed by atoms with Gasteiger partial charge in [-0.25, -0.2) is 0 Å². The van der Waals surface area contributed by atoms with Crippen molar-refractivity contribution in [2.45, 2.75) is 19.2 Å². The summed E-state index contributed by atoms with van der Waals surface area (Å²) < 4.78 is 0.827. The van der Waals surface area contributed by atoms with Crippen LogP contribution in [0.2, 0.25) is 4.34 Å². The van der Waals surface area contributed by atoms with Gasteiger partial charge in [0.15, 0.2) is 0 Å². The molecule has 0 nitrogen and oxygen atoms in total. The van der Waals surface area contributed by atoms with Gasteiger partial charge in [0.1, 0.15) is 0 Å². The molecule has 84 valence electrons. The lowest BCUT2D eigenvalue weighted by molar-refractivity contribution is 1.17. The molecule has 0 bridgehead atoms. The standard InChI is InChI=1S/C13H12Cl2S/c1-8-4-3-5-10(6-8)12(14)11-7-9(2)13(15)16-11/h3-7,12H,1-2H3. The van der Waals surface area contributed by atoms with E-state index in [-0.39, 0.29) is 5.38 Å². The van der Waals surface area contributed by atoms with Crippen LogP contribution in [0.4, 0.5) is 0 Å². The quantitative estimate of drug-likeness (QED) is 0.646. The molecule has 1 heterocycles. The van der Waals surface area contributed by atoms with Crippen molar-refractivity contribution in [3.05, 3.63) is 56.2 Å². The Kier molecular flexibility index (Phi) is 3.58. The molecule has 0 aliphatic rings. The van der Waals surface area contributed by atoms with E-state index in [1.54, 1.807) is 11.3 Å². The zero-order chi connectivity index (χ0) is 11.7. The number of hydrogen-bond acceptors (Lipinski definition) is 1. The molecule has 0 radical (unpaired) electrons. The maximum atomic E-state index is 6.44. The summed E-state index contributed by atoms with van der Waals surface area (Å²) in [6.45, 7) is 4.07. The number of rotatable bonds is 2. The highest BCUT2D eigenvalue weighted by atomic mass is 35.5. The van der Waals surface area contributed by atoms with Crippen LogP contribution in [0.15, 0.2) is 30.3 Å². The first-order chi connectivity index (χ1) is 7.58. The molecule has 0 aliphatic carbocycles. The zero-order valence-electron chi connectivity index (χ0n) is 9.13. The first-order valence-electron chi connectivity index (χ1n) is 5.04. The van der Waals surface area contributed by atoms with Crippen LogP contribution in [0, 0.1) is 13.8 Å². The second-order valence-corrected chi connectivity index (χ2v) is 6.00. The predicted molar refractivity (Wildman–Crippen MR) is 72.9 cm³/mol. The van der Waals surface area contributed by atoms with E-state index in [1.165, 1.54) is 5.56 Å². The van der Waals surface area contributed by atoms with Gasteiger partial charge >= 0.3 is 0 Å². The molecule has 2 rings (SSSR count). The van der Waals surface area contributed by atoms with Crippen LogP contribution in [-0.2, 0) is 0 Å². The van der Waals surface area contributed by atoms with Crippen molar-refractivity contribution < 1.29 is 0 Å². The molecule has 1 unspecified atom stereocenters. The van der Waals surface area contributed by atoms with Crippen LogP contribution >= 0.6 is 34.5 Å². The van der Waals surface area contributed by atoms with E-state index < -0.39 is 0 Å². The van der Waals surface area contributed by atoms with E-state index in [4.69, 9.17) is 23.2 Å². The Labute approximate surface area is 110 Å². The molecule has 0 saturated heterocycles. The average molecular weight is 271 g/mol. The molecule has 0 spiro atoms. The third-order valence-electron chi connectivity index (χ3n) is 2.46. The monoisotopic (exact) mass is 270 g/mol. The van der Waals surface area contributed by atoms with Crippen LogP contribution in [-0.4, -0.2) is 0 Å². The van der Waals surface area contributed by atoms with Gasteiger partial charge < -0.3 is 0 Å². The Morgan fingerprint density at radius 3 is 2.50 bits per heavy atom. The lowest BCUT2D eigenvalue weighted by Gasteiger charge is -2.08. The van der Waals surface area contributed by atoms with Crippen LogP contribution in [0.1, 0.15) is 26.9 Å². The molecule has 1 atom stereocenters. The summed E-state index contributed by atoms with van der Waals surface area (Å²) >= 11 is 14.0. The van der Waals surface area contributed by atoms with Crippen molar-refractivity contribution in [1.82, 2.24) is 0 Å². The molecule has 3 heteroatoms. The van der Waals surface area contributed by atoms with Crippen molar-refractivity contribution in [3.8, 4) is 0 Å². The summed E-state index contributed by atoms with van der Waals surface area (Å²) in [5, 5.41) is -0.101. The van der Waals surface area contributed by atoms with Crippen LogP contribution in [0.25, 0.3) is 0 Å². The fraction of sp³-hybridized carbons (Fsp3) is 0.231. The fourth-order valence-electron chi connectivity index (χ4n) is 1.60. The Hall–Kier alpha value is -0.500. The second kappa shape index (κ2) is 4.79. The Morgan fingerprint density at radius 2 is 1.94 bits per heavy atom. The van der Waals surface area contributed by atoms with E-state index >= 15 is 0 Å². The topological polar surface area (TPSA) is 0 Å². The highest BCUT2D eigenvalue weighted by Gasteiger charge is 2.14. The molecule has 0 N–H and O–H groups in total. The number of aryl methyl sites for hydroxylation is 2. The lowest BCUT2D eigenvalue weighted by atomic mass is 10.1. The van der Waals surface area contributed by atoms with Crippen LogP contribution < -0.4 is 0 Å². The number of halogens is 2. The van der Waals surface area contributed by atoms with Crippen molar-refractivity contribution in [1.29, 1.82) is 0 Å². The molecule has 0 fully saturated rings. The van der Waals surface area contributed by atoms with Crippen LogP contribution in [0.3, 0.4) is 0 Å². The van der Waals surface area contributed by atoms with Gasteiger partial charge in [0.2, 0.25) is 0 Å². The Bertz CT molecular complexity index is 483. The molecule has 0 aliphatic heterocycles. The minimum atomic E-state index is -0.101. The summed E-state index contributed by atoms with van der Waals surface area (Å²) in [5.41, 5.74) is 3.45. The van der Waals surface area contributed by atoms with Crippen molar-refractivity contribution >= 4 is 34.5 Å². The predicted octanol–water partition coefficient (Wildman–Crippen LogP) is 5.35. The third kappa shape index (κ3) is 2.42. The zero-order valence-corrected chi connectivity index (χ0v) is 11.5. The Morgan fingerprint density at radius 1 is 1.19 bits per heavy atom. The molecule has 1 aromatic heterocycles. The lowest BCUT2D eigenvalue weighted by Crippen LogP contribution is -1.90. The number of thiophene rings is 1. The first kappa shape index (κ1) is 12.0. The Balaban J connectivity index is 2.35. The minimum absolute atomic E-state index is 0.101. The van der Waals surface area contributed by atoms with Gasteiger partial charge in [-0.3, -0.25) is 0 Å². The highest BCUT2D eigenvalue weighted by molar-refractivity contribution is 7.16. The number of benzene rings is 1. The smallest absolute Gasteiger partial charge is 0.0960 e. The summed E-state index contributed by atoms with van der Waals surface area (Å²) in [6.07, 6.45) is 0. The van der Waals surface area contributed by atoms with E-state index in [0.717, 1.165) is 20.3 Å². The first-order valence-corrected chi connectivity index (χ1v) is 6.67. The maximum absolute atomic E-state index is 6.44. The van der Waals surface area contributed by atoms with Gasteiger partial charge in [0.05, 0.1) is 9.71 Å². The normalized spacial score (nSPS) is 12.8. The summed E-state index contributed by atoms with van der Waals surface area (Å²) in [6, 6.07) is 10.3. The molecular weight excluding hydrogens is 259 g/mol. The van der Waals surface area contributed by atoms with Gasteiger partial charge in [-0.2, -0.15) is 0 Å². The minimum Gasteiger partial charge on any atom is -0.126 e. The SMILES string of the molecule is Cc1cccc(C(Cl)c2cc(C)c(Cl)s2)c1. The molecule has 0 amide bonds. The molecule has 16 heavy (non-hydrogen) atoms. The van der Waals surface area contributed by atoms with E-state index in [2.05, 4.69) is 25.1 Å². The largest absolute Gasteiger partial charge is 0.126 e. The summed E-state index contributed by atoms with van der Waals surface area (Å²) in [4.78, 5) is 1.11. The van der Waals surface area contributed by atoms with Gasteiger partial charge in [0, 0.05) is 4.88 Å².